The fourth-order valence-electron chi connectivity index (χ4n) is 4.03. The van der Waals surface area contributed by atoms with E-state index in [1.807, 2.05) is 16.7 Å². The molecule has 186 valence electrons. The number of Topliss-reactive ketones (excluding diaryl/α,β-unsaturated/α-hetero) is 1. The normalized spacial score (nSPS) is 17.8. The summed E-state index contributed by atoms with van der Waals surface area (Å²) < 4.78 is 25.2. The molecule has 0 unspecified atom stereocenters. The SMILES string of the molecule is COc1ccc(C(=O)CCC(=O)NC[C@H]2CN(c3ccc(N4CCSCC4)c(F)c3)C(=O)O2)cc1. The highest BCUT2D eigenvalue weighted by molar-refractivity contribution is 7.99. The maximum atomic E-state index is 14.8. The molecular formula is C25H28FN3O5S. The Morgan fingerprint density at radius 1 is 1.14 bits per heavy atom. The summed E-state index contributed by atoms with van der Waals surface area (Å²) in [5.41, 5.74) is 1.47. The lowest BCUT2D eigenvalue weighted by molar-refractivity contribution is -0.121. The Kier molecular flexibility index (Phi) is 8.12. The molecule has 10 heteroatoms. The summed E-state index contributed by atoms with van der Waals surface area (Å²) in [5, 5.41) is 2.71. The number of methoxy groups -OCH3 is 1. The third-order valence-electron chi connectivity index (χ3n) is 5.99. The van der Waals surface area contributed by atoms with Crippen LogP contribution < -0.4 is 19.9 Å². The predicted octanol–water partition coefficient (Wildman–Crippen LogP) is 3.49. The Labute approximate surface area is 207 Å². The number of ether oxygens (including phenoxy) is 2. The smallest absolute Gasteiger partial charge is 0.414 e. The molecule has 1 N–H and O–H groups in total. The van der Waals surface area contributed by atoms with Crippen molar-refractivity contribution in [2.45, 2.75) is 18.9 Å². The summed E-state index contributed by atoms with van der Waals surface area (Å²) in [4.78, 5) is 40.2. The third-order valence-corrected chi connectivity index (χ3v) is 6.93. The minimum Gasteiger partial charge on any atom is -0.497 e. The number of thioether (sulfide) groups is 1. The quantitative estimate of drug-likeness (QED) is 0.526. The fraction of sp³-hybridized carbons (Fsp3) is 0.400. The number of carbonyl (C=O) groups is 3. The van der Waals surface area contributed by atoms with E-state index in [4.69, 9.17) is 9.47 Å². The fourth-order valence-corrected chi connectivity index (χ4v) is 4.93. The molecule has 2 aromatic rings. The van der Waals surface area contributed by atoms with Crippen LogP contribution in [0.25, 0.3) is 0 Å². The topological polar surface area (TPSA) is 88.2 Å². The van der Waals surface area contributed by atoms with Crippen LogP contribution in [0.15, 0.2) is 42.5 Å². The van der Waals surface area contributed by atoms with Gasteiger partial charge >= 0.3 is 6.09 Å². The van der Waals surface area contributed by atoms with E-state index in [1.165, 1.54) is 11.0 Å². The highest BCUT2D eigenvalue weighted by Crippen LogP contribution is 2.29. The Morgan fingerprint density at radius 3 is 2.57 bits per heavy atom. The lowest BCUT2D eigenvalue weighted by Crippen LogP contribution is -2.35. The van der Waals surface area contributed by atoms with Crippen LogP contribution in [0.5, 0.6) is 5.75 Å². The van der Waals surface area contributed by atoms with Crippen molar-refractivity contribution in [2.24, 2.45) is 0 Å². The van der Waals surface area contributed by atoms with Gasteiger partial charge in [-0.2, -0.15) is 11.8 Å². The first-order valence-electron chi connectivity index (χ1n) is 11.5. The van der Waals surface area contributed by atoms with Crippen molar-refractivity contribution in [3.05, 3.63) is 53.8 Å². The predicted molar refractivity (Wildman–Crippen MR) is 133 cm³/mol. The molecule has 0 saturated carbocycles. The van der Waals surface area contributed by atoms with Crippen molar-refractivity contribution in [2.75, 3.05) is 54.6 Å². The number of halogens is 1. The molecule has 0 bridgehead atoms. The molecular weight excluding hydrogens is 473 g/mol. The number of nitrogens with zero attached hydrogens (tertiary/aromatic N) is 2. The summed E-state index contributed by atoms with van der Waals surface area (Å²) in [5.74, 6) is 1.75. The van der Waals surface area contributed by atoms with Crippen LogP contribution in [-0.4, -0.2) is 68.7 Å². The molecule has 1 atom stereocenters. The first kappa shape index (κ1) is 24.8. The number of anilines is 2. The first-order valence-corrected chi connectivity index (χ1v) is 12.6. The Balaban J connectivity index is 1.24. The first-order chi connectivity index (χ1) is 16.9. The van der Waals surface area contributed by atoms with Crippen LogP contribution in [0.2, 0.25) is 0 Å². The second-order valence-corrected chi connectivity index (χ2v) is 9.53. The van der Waals surface area contributed by atoms with Gasteiger partial charge in [0.1, 0.15) is 17.7 Å². The van der Waals surface area contributed by atoms with Gasteiger partial charge < -0.3 is 19.7 Å². The van der Waals surface area contributed by atoms with Crippen molar-refractivity contribution >= 4 is 40.9 Å². The molecule has 2 aliphatic rings. The van der Waals surface area contributed by atoms with Gasteiger partial charge in [-0.3, -0.25) is 14.5 Å². The van der Waals surface area contributed by atoms with Gasteiger partial charge in [0.2, 0.25) is 5.91 Å². The number of nitrogens with one attached hydrogen (secondary N) is 1. The summed E-state index contributed by atoms with van der Waals surface area (Å²) in [7, 11) is 1.55. The zero-order valence-corrected chi connectivity index (χ0v) is 20.3. The average molecular weight is 502 g/mol. The number of rotatable bonds is 9. The van der Waals surface area contributed by atoms with E-state index in [2.05, 4.69) is 5.32 Å². The second kappa shape index (κ2) is 11.4. The molecule has 2 saturated heterocycles. The van der Waals surface area contributed by atoms with Gasteiger partial charge in [0.05, 0.1) is 31.6 Å². The number of cyclic esters (lactones) is 1. The van der Waals surface area contributed by atoms with Crippen molar-refractivity contribution in [3.63, 3.8) is 0 Å². The van der Waals surface area contributed by atoms with Gasteiger partial charge in [-0.25, -0.2) is 9.18 Å². The molecule has 4 rings (SSSR count). The molecule has 2 heterocycles. The van der Waals surface area contributed by atoms with Crippen LogP contribution in [0.3, 0.4) is 0 Å². The summed E-state index contributed by atoms with van der Waals surface area (Å²) in [6, 6.07) is 11.5. The molecule has 2 aromatic carbocycles. The highest BCUT2D eigenvalue weighted by Gasteiger charge is 2.33. The molecule has 2 amide bonds. The second-order valence-electron chi connectivity index (χ2n) is 8.31. The molecule has 0 spiro atoms. The van der Waals surface area contributed by atoms with Gasteiger partial charge in [0, 0.05) is 43.0 Å². The standard InChI is InChI=1S/C25H28FN3O5S/c1-33-19-5-2-17(3-6-19)23(30)8-9-24(31)27-15-20-16-29(25(32)34-20)18-4-7-22(21(26)14-18)28-10-12-35-13-11-28/h2-7,14,20H,8-13,15-16H2,1H3,(H,27,31)/t20-/m0/s1. The van der Waals surface area contributed by atoms with Gasteiger partial charge in [-0.1, -0.05) is 0 Å². The molecule has 0 radical (unpaired) electrons. The van der Waals surface area contributed by atoms with E-state index in [0.717, 1.165) is 24.6 Å². The van der Waals surface area contributed by atoms with Gasteiger partial charge in [-0.05, 0) is 42.5 Å². The molecule has 35 heavy (non-hydrogen) atoms. The maximum absolute atomic E-state index is 14.8. The van der Waals surface area contributed by atoms with E-state index in [-0.39, 0.29) is 43.4 Å². The minimum atomic E-state index is -0.583. The Morgan fingerprint density at radius 2 is 1.89 bits per heavy atom. The Bertz CT molecular complexity index is 1080. The average Bonchev–Trinajstić information content (AvgIpc) is 3.26. The van der Waals surface area contributed by atoms with Crippen LogP contribution in [0.4, 0.5) is 20.6 Å². The molecule has 0 aromatic heterocycles. The third kappa shape index (κ3) is 6.25. The molecule has 2 fully saturated rings. The van der Waals surface area contributed by atoms with Gasteiger partial charge in [0.15, 0.2) is 5.78 Å². The molecule has 8 nitrogen and oxygen atoms in total. The zero-order valence-electron chi connectivity index (χ0n) is 19.5. The van der Waals surface area contributed by atoms with Gasteiger partial charge in [0.25, 0.3) is 0 Å². The number of hydrogen-bond donors (Lipinski definition) is 1. The van der Waals surface area contributed by atoms with Crippen molar-refractivity contribution in [1.29, 1.82) is 0 Å². The number of ketones is 1. The van der Waals surface area contributed by atoms with Crippen molar-refractivity contribution in [3.8, 4) is 5.75 Å². The van der Waals surface area contributed by atoms with E-state index >= 15 is 0 Å². The number of benzene rings is 2. The van der Waals surface area contributed by atoms with Gasteiger partial charge in [-0.15, -0.1) is 0 Å². The monoisotopic (exact) mass is 501 g/mol. The maximum Gasteiger partial charge on any atom is 0.414 e. The molecule has 0 aliphatic carbocycles. The lowest BCUT2D eigenvalue weighted by Gasteiger charge is -2.29. The summed E-state index contributed by atoms with van der Waals surface area (Å²) in [6.45, 7) is 1.90. The van der Waals surface area contributed by atoms with Crippen molar-refractivity contribution < 1.29 is 28.2 Å². The Hall–Kier alpha value is -3.27. The van der Waals surface area contributed by atoms with E-state index in [9.17, 15) is 18.8 Å². The van der Waals surface area contributed by atoms with Crippen LogP contribution in [0.1, 0.15) is 23.2 Å². The summed E-state index contributed by atoms with van der Waals surface area (Å²) >= 11 is 1.85. The highest BCUT2D eigenvalue weighted by atomic mass is 32.2. The van der Waals surface area contributed by atoms with Crippen LogP contribution in [0, 0.1) is 5.82 Å². The lowest BCUT2D eigenvalue weighted by atomic mass is 10.1. The van der Waals surface area contributed by atoms with E-state index in [0.29, 0.717) is 22.7 Å². The van der Waals surface area contributed by atoms with Crippen molar-refractivity contribution in [1.82, 2.24) is 5.32 Å². The van der Waals surface area contributed by atoms with E-state index in [1.54, 1.807) is 43.5 Å². The number of carbonyl (C=O) groups excluding carboxylic acids is 3. The van der Waals surface area contributed by atoms with Crippen LogP contribution in [-0.2, 0) is 9.53 Å². The zero-order chi connectivity index (χ0) is 24.8. The van der Waals surface area contributed by atoms with E-state index < -0.39 is 12.2 Å². The minimum absolute atomic E-state index is 0.0247. The largest absolute Gasteiger partial charge is 0.497 e. The van der Waals surface area contributed by atoms with Crippen LogP contribution >= 0.6 is 11.8 Å². The number of hydrogen-bond acceptors (Lipinski definition) is 7. The number of amides is 2. The summed E-state index contributed by atoms with van der Waals surface area (Å²) in [6.07, 6.45) is -1.06. The molecule has 2 aliphatic heterocycles.